The lowest BCUT2D eigenvalue weighted by atomic mass is 9.91. The summed E-state index contributed by atoms with van der Waals surface area (Å²) in [4.78, 5) is 30.7. The Balaban J connectivity index is 1.19. The molecule has 0 N–H and O–H groups in total. The fourth-order valence-electron chi connectivity index (χ4n) is 8.16. The highest BCUT2D eigenvalue weighted by Gasteiger charge is 2.25. The highest BCUT2D eigenvalue weighted by molar-refractivity contribution is 5.88. The second-order valence-corrected chi connectivity index (χ2v) is 15.3. The Morgan fingerprint density at radius 1 is 0.333 bits per heavy atom. The number of benzene rings is 3. The van der Waals surface area contributed by atoms with Crippen molar-refractivity contribution < 1.29 is 0 Å². The van der Waals surface area contributed by atoms with Gasteiger partial charge in [-0.2, -0.15) is 0 Å². The van der Waals surface area contributed by atoms with Crippen LogP contribution in [0.2, 0.25) is 0 Å². The Labute approximate surface area is 305 Å². The van der Waals surface area contributed by atoms with E-state index in [1.165, 1.54) is 71.9 Å². The summed E-state index contributed by atoms with van der Waals surface area (Å²) in [6, 6.07) is 21.1. The number of aliphatic imine (C=N–C) groups is 6. The first-order valence-electron chi connectivity index (χ1n) is 19.5. The third-order valence-electron chi connectivity index (χ3n) is 11.4. The summed E-state index contributed by atoms with van der Waals surface area (Å²) in [5.74, 6) is 0. The molecule has 3 fully saturated rings. The van der Waals surface area contributed by atoms with Crippen LogP contribution in [0.3, 0.4) is 0 Å². The van der Waals surface area contributed by atoms with Gasteiger partial charge in [0.05, 0.1) is 36.3 Å². The van der Waals surface area contributed by atoms with E-state index in [0.29, 0.717) is 0 Å². The van der Waals surface area contributed by atoms with Gasteiger partial charge in [-0.25, -0.2) is 0 Å². The molecule has 0 unspecified atom stereocenters. The highest BCUT2D eigenvalue weighted by Crippen LogP contribution is 2.27. The molecular weight excluding hydrogens is 625 g/mol. The van der Waals surface area contributed by atoms with E-state index in [2.05, 4.69) is 113 Å². The summed E-state index contributed by atoms with van der Waals surface area (Å²) in [5.41, 5.74) is 10.6. The SMILES string of the molecule is Cc1cc2ccc1C=N[C@@H]1CCCC[C@H]1N=Cc1ccc(c(C)c1)C=N[C@@H]1CCCC[C@H]1N=Cc1ccc(c(C)c1)C=N[C@@H]1CCCC[C@H]1N=C2. The number of hydrogen-bond acceptors (Lipinski definition) is 6. The van der Waals surface area contributed by atoms with Gasteiger partial charge >= 0.3 is 0 Å². The molecule has 6 heteroatoms. The molecule has 0 radical (unpaired) electrons. The van der Waals surface area contributed by atoms with Crippen molar-refractivity contribution >= 4 is 37.3 Å². The van der Waals surface area contributed by atoms with Crippen LogP contribution >= 0.6 is 0 Å². The molecule has 3 aromatic carbocycles. The predicted octanol–water partition coefficient (Wildman–Crippen LogP) is 9.47. The van der Waals surface area contributed by atoms with Gasteiger partial charge in [0.1, 0.15) is 0 Å². The lowest BCUT2D eigenvalue weighted by molar-refractivity contribution is 0.390. The van der Waals surface area contributed by atoms with Crippen LogP contribution in [0.15, 0.2) is 84.6 Å². The summed E-state index contributed by atoms with van der Waals surface area (Å²) in [5, 5.41) is 0. The maximum Gasteiger partial charge on any atom is 0.0723 e. The zero-order chi connectivity index (χ0) is 35.0. The van der Waals surface area contributed by atoms with Crippen LogP contribution < -0.4 is 0 Å². The highest BCUT2D eigenvalue weighted by atomic mass is 14.9. The van der Waals surface area contributed by atoms with Crippen LogP contribution in [0, 0.1) is 20.8 Å². The Morgan fingerprint density at radius 3 is 0.804 bits per heavy atom. The minimum Gasteiger partial charge on any atom is -0.287 e. The second-order valence-electron chi connectivity index (χ2n) is 15.3. The Hall–Kier alpha value is -4.32. The number of nitrogens with zero attached hydrogens (tertiary/aromatic N) is 6. The van der Waals surface area contributed by atoms with Crippen molar-refractivity contribution in [2.24, 2.45) is 30.0 Å². The topological polar surface area (TPSA) is 74.2 Å². The molecule has 51 heavy (non-hydrogen) atoms. The summed E-state index contributed by atoms with van der Waals surface area (Å²) in [6.45, 7) is 6.53. The van der Waals surface area contributed by atoms with Crippen LogP contribution in [0.5, 0.6) is 0 Å². The normalized spacial score (nSPS) is 26.9. The molecule has 0 saturated heterocycles. The number of aryl methyl sites for hydroxylation is 3. The molecule has 0 spiro atoms. The number of rotatable bonds is 0. The molecule has 12 rings (SSSR count). The van der Waals surface area contributed by atoms with Crippen molar-refractivity contribution in [1.82, 2.24) is 0 Å². The molecule has 3 saturated carbocycles. The molecule has 6 heterocycles. The van der Waals surface area contributed by atoms with Crippen molar-refractivity contribution in [3.8, 4) is 0 Å². The van der Waals surface area contributed by atoms with Gasteiger partial charge in [-0.15, -0.1) is 0 Å². The van der Waals surface area contributed by atoms with Crippen LogP contribution in [0.4, 0.5) is 0 Å². The Bertz CT molecular complexity index is 1630. The first kappa shape index (κ1) is 35.1. The third kappa shape index (κ3) is 9.13. The predicted molar refractivity (Wildman–Crippen MR) is 217 cm³/mol. The maximum atomic E-state index is 5.12. The second kappa shape index (κ2) is 16.8. The van der Waals surface area contributed by atoms with E-state index in [9.17, 15) is 0 Å². The molecule has 6 bridgehead atoms. The summed E-state index contributed by atoms with van der Waals surface area (Å²) < 4.78 is 0. The molecule has 6 aliphatic heterocycles. The molecule has 264 valence electrons. The average molecular weight is 679 g/mol. The maximum absolute atomic E-state index is 5.12. The zero-order valence-electron chi connectivity index (χ0n) is 30.8. The van der Waals surface area contributed by atoms with Crippen LogP contribution in [-0.4, -0.2) is 73.5 Å². The van der Waals surface area contributed by atoms with E-state index >= 15 is 0 Å². The van der Waals surface area contributed by atoms with E-state index in [1.54, 1.807) is 0 Å². The summed E-state index contributed by atoms with van der Waals surface area (Å²) in [6.07, 6.45) is 26.2. The van der Waals surface area contributed by atoms with Gasteiger partial charge < -0.3 is 0 Å². The minimum atomic E-state index is 0.208. The molecule has 9 aliphatic rings. The van der Waals surface area contributed by atoms with Gasteiger partial charge in [0, 0.05) is 37.3 Å². The van der Waals surface area contributed by atoms with Gasteiger partial charge in [0.25, 0.3) is 0 Å². The largest absolute Gasteiger partial charge is 0.287 e. The average Bonchev–Trinajstić information content (AvgIpc) is 3.15. The van der Waals surface area contributed by atoms with E-state index in [1.807, 2.05) is 0 Å². The van der Waals surface area contributed by atoms with Gasteiger partial charge in [-0.05, 0) is 128 Å². The lowest BCUT2D eigenvalue weighted by Gasteiger charge is -2.26. The van der Waals surface area contributed by atoms with E-state index in [-0.39, 0.29) is 36.3 Å². The van der Waals surface area contributed by atoms with Crippen molar-refractivity contribution in [1.29, 1.82) is 0 Å². The van der Waals surface area contributed by atoms with Crippen molar-refractivity contribution in [3.63, 3.8) is 0 Å². The standard InChI is InChI=1S/C45H54N6/c1-31-22-34-16-19-37(31)28-49-43-13-7-4-10-40(43)47-26-35-17-20-39(32(2)23-35)30-51-45-15-9-6-12-42(45)48-27-36-18-21-38(33(3)24-36)29-50-44-14-8-5-11-41(44)46-25-34/h16-30,40-45H,4-15H2,1-3H3/t40-,41-,42-,43-,44-,45-/m1/s1. The quantitative estimate of drug-likeness (QED) is 0.227. The van der Waals surface area contributed by atoms with Crippen molar-refractivity contribution in [2.75, 3.05) is 0 Å². The van der Waals surface area contributed by atoms with Gasteiger partial charge in [0.15, 0.2) is 0 Å². The van der Waals surface area contributed by atoms with Gasteiger partial charge in [0.2, 0.25) is 0 Å². The van der Waals surface area contributed by atoms with Crippen molar-refractivity contribution in [2.45, 2.75) is 134 Å². The molecular formula is C45H54N6. The zero-order valence-corrected chi connectivity index (χ0v) is 30.8. The number of hydrogen-bond donors (Lipinski definition) is 0. The summed E-state index contributed by atoms with van der Waals surface area (Å²) >= 11 is 0. The van der Waals surface area contributed by atoms with Crippen LogP contribution in [-0.2, 0) is 0 Å². The van der Waals surface area contributed by atoms with E-state index in [4.69, 9.17) is 30.0 Å². The third-order valence-corrected chi connectivity index (χ3v) is 11.4. The van der Waals surface area contributed by atoms with E-state index in [0.717, 1.165) is 55.2 Å². The van der Waals surface area contributed by atoms with Crippen LogP contribution in [0.1, 0.15) is 127 Å². The molecule has 6 atom stereocenters. The Kier molecular flexibility index (Phi) is 11.6. The summed E-state index contributed by atoms with van der Waals surface area (Å²) in [7, 11) is 0. The fourth-order valence-corrected chi connectivity index (χ4v) is 8.16. The molecule has 0 aromatic heterocycles. The van der Waals surface area contributed by atoms with Gasteiger partial charge in [-0.1, -0.05) is 74.9 Å². The first-order chi connectivity index (χ1) is 25.0. The molecule has 0 amide bonds. The Morgan fingerprint density at radius 2 is 0.569 bits per heavy atom. The van der Waals surface area contributed by atoms with Crippen molar-refractivity contribution in [3.05, 3.63) is 105 Å². The monoisotopic (exact) mass is 678 g/mol. The lowest BCUT2D eigenvalue weighted by Crippen LogP contribution is -2.27. The molecule has 6 nitrogen and oxygen atoms in total. The van der Waals surface area contributed by atoms with E-state index < -0.39 is 0 Å². The minimum absolute atomic E-state index is 0.208. The molecule has 3 aliphatic carbocycles. The fraction of sp³-hybridized carbons (Fsp3) is 0.467. The molecule has 3 aromatic rings. The van der Waals surface area contributed by atoms with Crippen LogP contribution in [0.25, 0.3) is 0 Å². The van der Waals surface area contributed by atoms with Gasteiger partial charge in [-0.3, -0.25) is 30.0 Å². The smallest absolute Gasteiger partial charge is 0.0723 e. The first-order valence-corrected chi connectivity index (χ1v) is 19.5.